The van der Waals surface area contributed by atoms with Crippen molar-refractivity contribution in [2.45, 2.75) is 24.2 Å². The molecule has 140 valence electrons. The third-order valence-corrected chi connectivity index (χ3v) is 4.61. The summed E-state index contributed by atoms with van der Waals surface area (Å²) in [4.78, 5) is 24.3. The van der Waals surface area contributed by atoms with E-state index in [4.69, 9.17) is 9.15 Å². The molecule has 3 rings (SSSR count). The molecule has 0 atom stereocenters. The van der Waals surface area contributed by atoms with Crippen LogP contribution in [0.2, 0.25) is 0 Å². The summed E-state index contributed by atoms with van der Waals surface area (Å²) in [6, 6.07) is 9.86. The van der Waals surface area contributed by atoms with Gasteiger partial charge in [-0.05, 0) is 43.3 Å². The molecule has 0 radical (unpaired) electrons. The number of hydrogen-bond donors (Lipinski definition) is 1. The number of carbonyl (C=O) groups is 1. The van der Waals surface area contributed by atoms with E-state index in [1.807, 2.05) is 0 Å². The normalized spacial score (nSPS) is 11.1. The van der Waals surface area contributed by atoms with Crippen molar-refractivity contribution in [2.75, 3.05) is 0 Å². The van der Waals surface area contributed by atoms with Crippen LogP contribution in [0.1, 0.15) is 21.5 Å². The number of ether oxygens (including phenoxy) is 1. The molecule has 0 aliphatic carbocycles. The summed E-state index contributed by atoms with van der Waals surface area (Å²) in [7, 11) is 0. The summed E-state index contributed by atoms with van der Waals surface area (Å²) in [5.41, 5.74) is 0.639. The average molecular weight is 392 g/mol. The molecule has 27 heavy (non-hydrogen) atoms. The maximum absolute atomic E-state index is 12.3. The number of alkyl halides is 2. The summed E-state index contributed by atoms with van der Waals surface area (Å²) >= 11 is 0.384. The van der Waals surface area contributed by atoms with Crippen LogP contribution in [0.25, 0.3) is 11.0 Å². The van der Waals surface area contributed by atoms with Crippen LogP contribution in [0.15, 0.2) is 56.6 Å². The zero-order chi connectivity index (χ0) is 19.6. The van der Waals surface area contributed by atoms with E-state index in [0.717, 1.165) is 0 Å². The first-order chi connectivity index (χ1) is 12.8. The van der Waals surface area contributed by atoms with Gasteiger partial charge in [-0.2, -0.15) is 8.78 Å². The standard InChI is InChI=1S/C19H14F2O5S/c1-10-15(22)7-6-14-12(8-16(23)26-17(10)14)9-25-18(24)11-2-4-13(5-3-11)27-19(20)21/h2-8,19,22H,9H2,1H3. The Labute approximate surface area is 156 Å². The van der Waals surface area contributed by atoms with Crippen LogP contribution >= 0.6 is 11.8 Å². The van der Waals surface area contributed by atoms with Crippen LogP contribution in [0.5, 0.6) is 5.75 Å². The number of benzene rings is 2. The van der Waals surface area contributed by atoms with Crippen LogP contribution in [0, 0.1) is 6.92 Å². The summed E-state index contributed by atoms with van der Waals surface area (Å²) in [6.07, 6.45) is 0. The van der Waals surface area contributed by atoms with Gasteiger partial charge in [0.15, 0.2) is 0 Å². The Morgan fingerprint density at radius 1 is 1.22 bits per heavy atom. The highest BCUT2D eigenvalue weighted by atomic mass is 32.2. The minimum absolute atomic E-state index is 0.0125. The molecule has 1 N–H and O–H groups in total. The molecule has 3 aromatic rings. The lowest BCUT2D eigenvalue weighted by atomic mass is 10.1. The van der Waals surface area contributed by atoms with Crippen LogP contribution in [-0.2, 0) is 11.3 Å². The molecular weight excluding hydrogens is 378 g/mol. The monoisotopic (exact) mass is 392 g/mol. The maximum Gasteiger partial charge on any atom is 0.338 e. The van der Waals surface area contributed by atoms with E-state index in [9.17, 15) is 23.5 Å². The van der Waals surface area contributed by atoms with Crippen LogP contribution in [-0.4, -0.2) is 16.8 Å². The molecule has 0 saturated heterocycles. The molecule has 5 nitrogen and oxygen atoms in total. The van der Waals surface area contributed by atoms with E-state index >= 15 is 0 Å². The minimum atomic E-state index is -2.54. The fraction of sp³-hybridized carbons (Fsp3) is 0.158. The molecule has 1 heterocycles. The van der Waals surface area contributed by atoms with Crippen LogP contribution in [0.4, 0.5) is 8.78 Å². The summed E-state index contributed by atoms with van der Waals surface area (Å²) in [6.45, 7) is 1.42. The molecule has 0 amide bonds. The predicted octanol–water partition coefficient (Wildman–Crippen LogP) is 4.48. The lowest BCUT2D eigenvalue weighted by Gasteiger charge is -2.09. The number of phenols is 1. The van der Waals surface area contributed by atoms with Gasteiger partial charge in [-0.3, -0.25) is 0 Å². The number of phenolic OH excluding ortho intramolecular Hbond substituents is 1. The molecule has 0 fully saturated rings. The van der Waals surface area contributed by atoms with Crippen molar-refractivity contribution in [3.63, 3.8) is 0 Å². The van der Waals surface area contributed by atoms with Crippen molar-refractivity contribution >= 4 is 28.7 Å². The highest BCUT2D eigenvalue weighted by molar-refractivity contribution is 7.99. The van der Waals surface area contributed by atoms with Gasteiger partial charge in [0.2, 0.25) is 0 Å². The van der Waals surface area contributed by atoms with E-state index in [2.05, 4.69) is 0 Å². The highest BCUT2D eigenvalue weighted by Crippen LogP contribution is 2.28. The van der Waals surface area contributed by atoms with Crippen LogP contribution in [0.3, 0.4) is 0 Å². The number of esters is 1. The quantitative estimate of drug-likeness (QED) is 0.392. The second-order valence-corrected chi connectivity index (χ2v) is 6.72. The summed E-state index contributed by atoms with van der Waals surface area (Å²) < 4.78 is 35.0. The van der Waals surface area contributed by atoms with Gasteiger partial charge in [0.25, 0.3) is 5.76 Å². The fourth-order valence-corrected chi connectivity index (χ4v) is 3.03. The summed E-state index contributed by atoms with van der Waals surface area (Å²) in [5.74, 6) is -3.20. The Balaban J connectivity index is 1.79. The van der Waals surface area contributed by atoms with Gasteiger partial charge in [-0.25, -0.2) is 9.59 Å². The van der Waals surface area contributed by atoms with E-state index in [1.54, 1.807) is 13.0 Å². The zero-order valence-electron chi connectivity index (χ0n) is 14.1. The Morgan fingerprint density at radius 3 is 2.59 bits per heavy atom. The molecule has 8 heteroatoms. The number of thioether (sulfide) groups is 1. The van der Waals surface area contributed by atoms with Crippen molar-refractivity contribution in [3.8, 4) is 5.75 Å². The molecule has 1 aromatic heterocycles. The third kappa shape index (κ3) is 4.28. The Bertz CT molecular complexity index is 1040. The van der Waals surface area contributed by atoms with E-state index in [0.29, 0.717) is 33.2 Å². The van der Waals surface area contributed by atoms with Gasteiger partial charge in [0.1, 0.15) is 17.9 Å². The Hall–Kier alpha value is -2.87. The van der Waals surface area contributed by atoms with Gasteiger partial charge in [-0.15, -0.1) is 0 Å². The first-order valence-electron chi connectivity index (χ1n) is 7.82. The number of rotatable bonds is 5. The smallest absolute Gasteiger partial charge is 0.338 e. The van der Waals surface area contributed by atoms with Gasteiger partial charge >= 0.3 is 11.6 Å². The van der Waals surface area contributed by atoms with Crippen molar-refractivity contribution in [3.05, 3.63) is 69.6 Å². The van der Waals surface area contributed by atoms with Crippen molar-refractivity contribution in [2.24, 2.45) is 0 Å². The second kappa shape index (κ2) is 7.79. The van der Waals surface area contributed by atoms with Gasteiger partial charge in [0.05, 0.1) is 5.56 Å². The Kier molecular flexibility index (Phi) is 5.46. The lowest BCUT2D eigenvalue weighted by molar-refractivity contribution is 0.0473. The molecular formula is C19H14F2O5S. The van der Waals surface area contributed by atoms with Crippen molar-refractivity contribution < 1.29 is 27.8 Å². The molecule has 0 aliphatic rings. The summed E-state index contributed by atoms with van der Waals surface area (Å²) in [5, 5.41) is 10.3. The molecule has 0 bridgehead atoms. The number of aryl methyl sites for hydroxylation is 1. The largest absolute Gasteiger partial charge is 0.508 e. The number of carbonyl (C=O) groups excluding carboxylic acids is 1. The molecule has 0 unspecified atom stereocenters. The number of fused-ring (bicyclic) bond motifs is 1. The molecule has 2 aromatic carbocycles. The Morgan fingerprint density at radius 2 is 1.93 bits per heavy atom. The van der Waals surface area contributed by atoms with E-state index in [-0.39, 0.29) is 23.5 Å². The molecule has 0 aliphatic heterocycles. The lowest BCUT2D eigenvalue weighted by Crippen LogP contribution is -2.08. The van der Waals surface area contributed by atoms with E-state index in [1.165, 1.54) is 36.4 Å². The van der Waals surface area contributed by atoms with Gasteiger partial charge in [0, 0.05) is 27.5 Å². The van der Waals surface area contributed by atoms with Crippen LogP contribution < -0.4 is 5.63 Å². The highest BCUT2D eigenvalue weighted by Gasteiger charge is 2.14. The van der Waals surface area contributed by atoms with E-state index < -0.39 is 17.4 Å². The van der Waals surface area contributed by atoms with Crippen molar-refractivity contribution in [1.29, 1.82) is 0 Å². The third-order valence-electron chi connectivity index (χ3n) is 3.89. The second-order valence-electron chi connectivity index (χ2n) is 5.66. The molecule has 0 saturated carbocycles. The SMILES string of the molecule is Cc1c(O)ccc2c(COC(=O)c3ccc(SC(F)F)cc3)cc(=O)oc12. The number of halogens is 2. The van der Waals surface area contributed by atoms with Gasteiger partial charge < -0.3 is 14.3 Å². The number of aromatic hydroxyl groups is 1. The fourth-order valence-electron chi connectivity index (χ4n) is 2.53. The van der Waals surface area contributed by atoms with Gasteiger partial charge in [-0.1, -0.05) is 11.8 Å². The predicted molar refractivity (Wildman–Crippen MR) is 96.3 cm³/mol. The average Bonchev–Trinajstić information content (AvgIpc) is 2.63. The number of hydrogen-bond acceptors (Lipinski definition) is 6. The van der Waals surface area contributed by atoms with Crippen molar-refractivity contribution in [1.82, 2.24) is 0 Å². The topological polar surface area (TPSA) is 76.7 Å². The first-order valence-corrected chi connectivity index (χ1v) is 8.70. The molecule has 0 spiro atoms. The minimum Gasteiger partial charge on any atom is -0.508 e. The zero-order valence-corrected chi connectivity index (χ0v) is 14.9. The maximum atomic E-state index is 12.3. The first kappa shape index (κ1) is 18.9.